The smallest absolute Gasteiger partial charge is 0.0792 e. The van der Waals surface area contributed by atoms with E-state index in [1.54, 1.807) is 0 Å². The highest BCUT2D eigenvalue weighted by Gasteiger charge is 2.11. The maximum Gasteiger partial charge on any atom is 0.0792 e. The van der Waals surface area contributed by atoms with Gasteiger partial charge in [-0.1, -0.05) is 69.5 Å². The van der Waals surface area contributed by atoms with Gasteiger partial charge in [-0.3, -0.25) is 0 Å². The molecule has 1 aromatic carbocycles. The molecule has 0 saturated heterocycles. The van der Waals surface area contributed by atoms with E-state index in [1.165, 1.54) is 38.5 Å². The second-order valence-corrected chi connectivity index (χ2v) is 6.29. The number of rotatable bonds is 9. The lowest BCUT2D eigenvalue weighted by molar-refractivity contribution is 0.162. The Morgan fingerprint density at radius 2 is 1.55 bits per heavy atom. The fourth-order valence-electron chi connectivity index (χ4n) is 2.61. The number of hydrogen-bond donors (Lipinski definition) is 1. The first kappa shape index (κ1) is 17.5. The number of aliphatic hydroxyl groups excluding tert-OH is 1. The zero-order valence-electron chi connectivity index (χ0n) is 13.2. The van der Waals surface area contributed by atoms with E-state index in [0.29, 0.717) is 0 Å². The zero-order valence-corrected chi connectivity index (χ0v) is 14.0. The largest absolute Gasteiger partial charge is 0.388 e. The summed E-state index contributed by atoms with van der Waals surface area (Å²) in [7, 11) is 0. The number of hydrogen-bond acceptors (Lipinski definition) is 1. The van der Waals surface area contributed by atoms with Crippen LogP contribution in [0.15, 0.2) is 12.1 Å². The first-order chi connectivity index (χ1) is 9.56. The fraction of sp³-hybridized carbons (Fsp3) is 0.667. The van der Waals surface area contributed by atoms with Crippen LogP contribution >= 0.6 is 11.6 Å². The van der Waals surface area contributed by atoms with Crippen LogP contribution in [0.4, 0.5) is 0 Å². The summed E-state index contributed by atoms with van der Waals surface area (Å²) in [5.74, 6) is 0. The number of unbranched alkanes of at least 4 members (excludes halogenated alkanes) is 6. The molecule has 2 heteroatoms. The van der Waals surface area contributed by atoms with Gasteiger partial charge < -0.3 is 5.11 Å². The molecule has 1 N–H and O–H groups in total. The monoisotopic (exact) mass is 296 g/mol. The van der Waals surface area contributed by atoms with Crippen molar-refractivity contribution in [2.75, 3.05) is 0 Å². The molecule has 1 rings (SSSR count). The molecule has 0 aliphatic carbocycles. The van der Waals surface area contributed by atoms with Crippen LogP contribution in [0.2, 0.25) is 5.02 Å². The Labute approximate surface area is 129 Å². The summed E-state index contributed by atoms with van der Waals surface area (Å²) in [6, 6.07) is 3.99. The summed E-state index contributed by atoms with van der Waals surface area (Å²) < 4.78 is 0. The topological polar surface area (TPSA) is 20.2 Å². The molecule has 114 valence electrons. The molecule has 0 saturated carbocycles. The highest BCUT2D eigenvalue weighted by Crippen LogP contribution is 2.28. The Morgan fingerprint density at radius 3 is 2.20 bits per heavy atom. The lowest BCUT2D eigenvalue weighted by Crippen LogP contribution is -2.01. The third kappa shape index (κ3) is 5.85. The van der Waals surface area contributed by atoms with Gasteiger partial charge in [-0.25, -0.2) is 0 Å². The molecule has 0 spiro atoms. The summed E-state index contributed by atoms with van der Waals surface area (Å²) in [6.07, 6.45) is 9.49. The molecular weight excluding hydrogens is 268 g/mol. The van der Waals surface area contributed by atoms with Crippen LogP contribution in [-0.4, -0.2) is 5.11 Å². The first-order valence-corrected chi connectivity index (χ1v) is 8.38. The summed E-state index contributed by atoms with van der Waals surface area (Å²) in [6.45, 7) is 6.26. The average molecular weight is 297 g/mol. The van der Waals surface area contributed by atoms with Crippen LogP contribution in [0.5, 0.6) is 0 Å². The highest BCUT2D eigenvalue weighted by molar-refractivity contribution is 6.31. The predicted octanol–water partition coefficient (Wildman–Crippen LogP) is 6.13. The van der Waals surface area contributed by atoms with E-state index in [2.05, 4.69) is 6.92 Å². The SMILES string of the molecule is CCCCCCCCCC(O)c1cc(C)c(Cl)cc1C. The highest BCUT2D eigenvalue weighted by atomic mass is 35.5. The summed E-state index contributed by atoms with van der Waals surface area (Å²) in [5.41, 5.74) is 3.18. The van der Waals surface area contributed by atoms with Crippen LogP contribution in [-0.2, 0) is 0 Å². The molecule has 0 radical (unpaired) electrons. The Bertz CT molecular complexity index is 401. The molecule has 1 atom stereocenters. The van der Waals surface area contributed by atoms with Gasteiger partial charge in [0.25, 0.3) is 0 Å². The number of benzene rings is 1. The number of aliphatic hydroxyl groups is 1. The van der Waals surface area contributed by atoms with Crippen molar-refractivity contribution in [3.63, 3.8) is 0 Å². The summed E-state index contributed by atoms with van der Waals surface area (Å²) in [5, 5.41) is 11.1. The molecule has 0 aliphatic rings. The van der Waals surface area contributed by atoms with Gasteiger partial charge in [-0.15, -0.1) is 0 Å². The van der Waals surface area contributed by atoms with Crippen molar-refractivity contribution in [2.45, 2.75) is 78.2 Å². The lowest BCUT2D eigenvalue weighted by atomic mass is 9.96. The molecule has 0 aromatic heterocycles. The maximum atomic E-state index is 10.3. The molecule has 0 heterocycles. The van der Waals surface area contributed by atoms with Crippen molar-refractivity contribution in [1.29, 1.82) is 0 Å². The second-order valence-electron chi connectivity index (χ2n) is 5.88. The van der Waals surface area contributed by atoms with Crippen molar-refractivity contribution in [1.82, 2.24) is 0 Å². The summed E-state index contributed by atoms with van der Waals surface area (Å²) in [4.78, 5) is 0. The van der Waals surface area contributed by atoms with Crippen LogP contribution < -0.4 is 0 Å². The fourth-order valence-corrected chi connectivity index (χ4v) is 2.83. The lowest BCUT2D eigenvalue weighted by Gasteiger charge is -2.15. The van der Waals surface area contributed by atoms with Gasteiger partial charge >= 0.3 is 0 Å². The minimum absolute atomic E-state index is 0.346. The molecule has 0 aliphatic heterocycles. The van der Waals surface area contributed by atoms with Gasteiger partial charge in [0.05, 0.1) is 6.10 Å². The standard InChI is InChI=1S/C18H29ClO/c1-4-5-6-7-8-9-10-11-18(20)16-12-15(3)17(19)13-14(16)2/h12-13,18,20H,4-11H2,1-3H3. The minimum atomic E-state index is -0.346. The van der Waals surface area contributed by atoms with E-state index in [1.807, 2.05) is 26.0 Å². The van der Waals surface area contributed by atoms with Gasteiger partial charge in [0.15, 0.2) is 0 Å². The molecule has 1 nitrogen and oxygen atoms in total. The van der Waals surface area contributed by atoms with Crippen molar-refractivity contribution in [3.8, 4) is 0 Å². The Balaban J connectivity index is 2.32. The maximum absolute atomic E-state index is 10.3. The van der Waals surface area contributed by atoms with Crippen molar-refractivity contribution >= 4 is 11.6 Å². The van der Waals surface area contributed by atoms with E-state index < -0.39 is 0 Å². The third-order valence-corrected chi connectivity index (χ3v) is 4.39. The number of aryl methyl sites for hydroxylation is 2. The zero-order chi connectivity index (χ0) is 15.0. The van der Waals surface area contributed by atoms with Gasteiger partial charge in [0.1, 0.15) is 0 Å². The van der Waals surface area contributed by atoms with Crippen molar-refractivity contribution in [2.24, 2.45) is 0 Å². The van der Waals surface area contributed by atoms with E-state index in [-0.39, 0.29) is 6.10 Å². The molecule has 1 unspecified atom stereocenters. The minimum Gasteiger partial charge on any atom is -0.388 e. The van der Waals surface area contributed by atoms with Gasteiger partial charge in [0.2, 0.25) is 0 Å². The van der Waals surface area contributed by atoms with Gasteiger partial charge in [-0.05, 0) is 43.0 Å². The van der Waals surface area contributed by atoms with E-state index in [4.69, 9.17) is 11.6 Å². The molecule has 0 bridgehead atoms. The molecule has 20 heavy (non-hydrogen) atoms. The van der Waals surface area contributed by atoms with Crippen LogP contribution in [0.1, 0.15) is 81.1 Å². The normalized spacial score (nSPS) is 12.7. The number of halogens is 1. The Kier molecular flexibility index (Phi) is 8.25. The second kappa shape index (κ2) is 9.41. The Hall–Kier alpha value is -0.530. The quantitative estimate of drug-likeness (QED) is 0.543. The third-order valence-electron chi connectivity index (χ3n) is 3.99. The van der Waals surface area contributed by atoms with Crippen LogP contribution in [0, 0.1) is 13.8 Å². The summed E-state index contributed by atoms with van der Waals surface area (Å²) >= 11 is 6.10. The molecule has 0 amide bonds. The van der Waals surface area contributed by atoms with E-state index in [9.17, 15) is 5.11 Å². The van der Waals surface area contributed by atoms with Crippen molar-refractivity contribution in [3.05, 3.63) is 33.8 Å². The molecular formula is C18H29ClO. The predicted molar refractivity (Wildman–Crippen MR) is 88.5 cm³/mol. The van der Waals surface area contributed by atoms with Gasteiger partial charge in [-0.2, -0.15) is 0 Å². The van der Waals surface area contributed by atoms with Gasteiger partial charge in [0, 0.05) is 5.02 Å². The van der Waals surface area contributed by atoms with Crippen LogP contribution in [0.25, 0.3) is 0 Å². The van der Waals surface area contributed by atoms with E-state index in [0.717, 1.165) is 34.6 Å². The van der Waals surface area contributed by atoms with E-state index >= 15 is 0 Å². The molecule has 1 aromatic rings. The first-order valence-electron chi connectivity index (χ1n) is 8.01. The van der Waals surface area contributed by atoms with Crippen molar-refractivity contribution < 1.29 is 5.11 Å². The van der Waals surface area contributed by atoms with Crippen LogP contribution in [0.3, 0.4) is 0 Å². The molecule has 0 fully saturated rings. The average Bonchev–Trinajstić information content (AvgIpc) is 2.41. The Morgan fingerprint density at radius 1 is 0.950 bits per heavy atom.